The molecule has 0 aliphatic carbocycles. The molecule has 24 heavy (non-hydrogen) atoms. The number of carbonyl (C=O) groups excluding carboxylic acids is 1. The van der Waals surface area contributed by atoms with Crippen molar-refractivity contribution >= 4 is 17.7 Å². The Bertz CT molecular complexity index is 708. The van der Waals surface area contributed by atoms with Gasteiger partial charge in [-0.2, -0.15) is 0 Å². The van der Waals surface area contributed by atoms with Crippen LogP contribution in [-0.2, 0) is 4.79 Å². The van der Waals surface area contributed by atoms with Crippen LogP contribution in [0.2, 0.25) is 0 Å². The number of aromatic hydroxyl groups is 1. The molecule has 6 heteroatoms. The fraction of sp³-hybridized carbons (Fsp3) is 0.278. The number of phenols is 1. The lowest BCUT2D eigenvalue weighted by Gasteiger charge is -2.36. The Morgan fingerprint density at radius 1 is 1.29 bits per heavy atom. The van der Waals surface area contributed by atoms with E-state index in [1.165, 1.54) is 23.9 Å². The number of phenolic OH excluding ortho intramolecular Hbond substituents is 1. The molecule has 0 aromatic heterocycles. The normalized spacial score (nSPS) is 17.7. The summed E-state index contributed by atoms with van der Waals surface area (Å²) in [7, 11) is 0. The van der Waals surface area contributed by atoms with Gasteiger partial charge in [-0.3, -0.25) is 4.79 Å². The van der Waals surface area contributed by atoms with E-state index in [0.717, 1.165) is 17.0 Å². The lowest BCUT2D eigenvalue weighted by molar-refractivity contribution is -0.131. The van der Waals surface area contributed by atoms with Crippen LogP contribution in [0.25, 0.3) is 0 Å². The van der Waals surface area contributed by atoms with Crippen LogP contribution in [0.4, 0.5) is 4.39 Å². The van der Waals surface area contributed by atoms with E-state index in [1.54, 1.807) is 30.3 Å². The zero-order valence-electron chi connectivity index (χ0n) is 13.1. The van der Waals surface area contributed by atoms with Crippen molar-refractivity contribution in [1.29, 1.82) is 0 Å². The van der Waals surface area contributed by atoms with E-state index in [9.17, 15) is 14.3 Å². The van der Waals surface area contributed by atoms with Crippen LogP contribution >= 0.6 is 11.8 Å². The van der Waals surface area contributed by atoms with E-state index in [1.807, 2.05) is 11.0 Å². The highest BCUT2D eigenvalue weighted by Gasteiger charge is 2.27. The Morgan fingerprint density at radius 2 is 2.08 bits per heavy atom. The number of thioether (sulfide) groups is 1. The molecule has 2 aromatic carbocycles. The van der Waals surface area contributed by atoms with Crippen molar-refractivity contribution in [3.63, 3.8) is 0 Å². The minimum Gasteiger partial charge on any atom is -0.508 e. The minimum atomic E-state index is -0.288. The van der Waals surface area contributed by atoms with Crippen molar-refractivity contribution in [3.8, 4) is 5.75 Å². The van der Waals surface area contributed by atoms with Gasteiger partial charge < -0.3 is 15.3 Å². The maximum atomic E-state index is 13.5. The second-order valence-electron chi connectivity index (χ2n) is 5.64. The summed E-state index contributed by atoms with van der Waals surface area (Å²) >= 11 is 1.43. The molecule has 2 N–H and O–H groups in total. The second-order valence-corrected chi connectivity index (χ2v) is 6.69. The summed E-state index contributed by atoms with van der Waals surface area (Å²) < 4.78 is 13.5. The van der Waals surface area contributed by atoms with Gasteiger partial charge in [0.25, 0.3) is 0 Å². The molecule has 4 nitrogen and oxygen atoms in total. The van der Waals surface area contributed by atoms with Gasteiger partial charge in [0.2, 0.25) is 5.91 Å². The third kappa shape index (κ3) is 4.07. The number of rotatable bonds is 4. The molecule has 0 radical (unpaired) electrons. The van der Waals surface area contributed by atoms with Crippen molar-refractivity contribution in [1.82, 2.24) is 10.2 Å². The average Bonchev–Trinajstić information content (AvgIpc) is 2.61. The highest BCUT2D eigenvalue weighted by Crippen LogP contribution is 2.26. The maximum Gasteiger partial charge on any atom is 0.233 e. The van der Waals surface area contributed by atoms with Crippen molar-refractivity contribution in [2.24, 2.45) is 0 Å². The number of nitrogens with one attached hydrogen (secondary N) is 1. The summed E-state index contributed by atoms with van der Waals surface area (Å²) in [5, 5.41) is 12.6. The first-order chi connectivity index (χ1) is 11.6. The first-order valence-corrected chi connectivity index (χ1v) is 8.79. The SMILES string of the molecule is O=C(CSc1ccc(O)cc1)N1CCNCC1c1cccc(F)c1. The van der Waals surface area contributed by atoms with Crippen molar-refractivity contribution in [2.45, 2.75) is 10.9 Å². The minimum absolute atomic E-state index is 0.0313. The van der Waals surface area contributed by atoms with Crippen LogP contribution in [0, 0.1) is 5.82 Å². The number of benzene rings is 2. The van der Waals surface area contributed by atoms with Gasteiger partial charge in [-0.05, 0) is 42.0 Å². The summed E-state index contributed by atoms with van der Waals surface area (Å²) in [5.41, 5.74) is 0.810. The van der Waals surface area contributed by atoms with Crippen LogP contribution in [0.3, 0.4) is 0 Å². The Labute approximate surface area is 144 Å². The highest BCUT2D eigenvalue weighted by atomic mass is 32.2. The molecular weight excluding hydrogens is 327 g/mol. The van der Waals surface area contributed by atoms with E-state index in [2.05, 4.69) is 5.32 Å². The summed E-state index contributed by atoms with van der Waals surface area (Å²) in [6.07, 6.45) is 0. The second kappa shape index (κ2) is 7.68. The van der Waals surface area contributed by atoms with Gasteiger partial charge in [0.15, 0.2) is 0 Å². The number of carbonyl (C=O) groups is 1. The van der Waals surface area contributed by atoms with E-state index in [4.69, 9.17) is 0 Å². The number of hydrogen-bond acceptors (Lipinski definition) is 4. The fourth-order valence-electron chi connectivity index (χ4n) is 2.78. The Balaban J connectivity index is 1.68. The Kier molecular flexibility index (Phi) is 5.37. The van der Waals surface area contributed by atoms with Gasteiger partial charge in [0.1, 0.15) is 11.6 Å². The quantitative estimate of drug-likeness (QED) is 0.836. The molecule has 126 valence electrons. The number of hydrogen-bond donors (Lipinski definition) is 2. The lowest BCUT2D eigenvalue weighted by atomic mass is 10.0. The van der Waals surface area contributed by atoms with Gasteiger partial charge in [-0.25, -0.2) is 4.39 Å². The number of nitrogens with zero attached hydrogens (tertiary/aromatic N) is 1. The molecule has 1 aliphatic heterocycles. The Morgan fingerprint density at radius 3 is 2.83 bits per heavy atom. The molecule has 1 heterocycles. The third-order valence-corrected chi connectivity index (χ3v) is 4.99. The maximum absolute atomic E-state index is 13.5. The smallest absolute Gasteiger partial charge is 0.233 e. The zero-order chi connectivity index (χ0) is 16.9. The van der Waals surface area contributed by atoms with Gasteiger partial charge in [0.05, 0.1) is 11.8 Å². The lowest BCUT2D eigenvalue weighted by Crippen LogP contribution is -2.49. The first kappa shape index (κ1) is 16.8. The van der Waals surface area contributed by atoms with Crippen LogP contribution in [0.15, 0.2) is 53.4 Å². The molecule has 0 saturated carbocycles. The standard InChI is InChI=1S/C18H19FN2O2S/c19-14-3-1-2-13(10-14)17-11-20-8-9-21(17)18(23)12-24-16-6-4-15(22)5-7-16/h1-7,10,17,20,22H,8-9,11-12H2. The monoisotopic (exact) mass is 346 g/mol. The van der Waals surface area contributed by atoms with Crippen LogP contribution in [0.1, 0.15) is 11.6 Å². The largest absolute Gasteiger partial charge is 0.508 e. The van der Waals surface area contributed by atoms with Gasteiger partial charge >= 0.3 is 0 Å². The molecule has 1 fully saturated rings. The van der Waals surface area contributed by atoms with Gasteiger partial charge in [-0.1, -0.05) is 12.1 Å². The molecule has 2 aromatic rings. The molecule has 1 saturated heterocycles. The van der Waals surface area contributed by atoms with E-state index in [0.29, 0.717) is 18.8 Å². The zero-order valence-corrected chi connectivity index (χ0v) is 13.9. The first-order valence-electron chi connectivity index (χ1n) is 7.81. The summed E-state index contributed by atoms with van der Waals surface area (Å²) in [6.45, 7) is 1.97. The summed E-state index contributed by atoms with van der Waals surface area (Å²) in [6, 6.07) is 13.1. The Hall–Kier alpha value is -2.05. The van der Waals surface area contributed by atoms with E-state index < -0.39 is 0 Å². The van der Waals surface area contributed by atoms with Crippen molar-refractivity contribution < 1.29 is 14.3 Å². The molecule has 1 amide bonds. The fourth-order valence-corrected chi connectivity index (χ4v) is 3.57. The number of piperazine rings is 1. The van der Waals surface area contributed by atoms with Crippen molar-refractivity contribution in [3.05, 3.63) is 59.9 Å². The van der Waals surface area contributed by atoms with Gasteiger partial charge in [-0.15, -0.1) is 11.8 Å². The van der Waals surface area contributed by atoms with Crippen molar-refractivity contribution in [2.75, 3.05) is 25.4 Å². The molecular formula is C18H19FN2O2S. The summed E-state index contributed by atoms with van der Waals surface area (Å²) in [4.78, 5) is 15.4. The van der Waals surface area contributed by atoms with E-state index in [-0.39, 0.29) is 23.5 Å². The summed E-state index contributed by atoms with van der Waals surface area (Å²) in [5.74, 6) is 0.267. The van der Waals surface area contributed by atoms with E-state index >= 15 is 0 Å². The molecule has 0 spiro atoms. The van der Waals surface area contributed by atoms with Gasteiger partial charge in [0, 0.05) is 24.5 Å². The predicted octanol–water partition coefficient (Wildman–Crippen LogP) is 2.80. The predicted molar refractivity (Wildman–Crippen MR) is 92.6 cm³/mol. The topological polar surface area (TPSA) is 52.6 Å². The molecule has 0 bridgehead atoms. The molecule has 1 aliphatic rings. The third-order valence-electron chi connectivity index (χ3n) is 4.00. The highest BCUT2D eigenvalue weighted by molar-refractivity contribution is 8.00. The molecule has 1 atom stereocenters. The average molecular weight is 346 g/mol. The molecule has 1 unspecified atom stereocenters. The number of halogens is 1. The van der Waals surface area contributed by atoms with Crippen LogP contribution in [0.5, 0.6) is 5.75 Å². The molecule has 3 rings (SSSR count). The van der Waals surface area contributed by atoms with Crippen LogP contribution < -0.4 is 5.32 Å². The van der Waals surface area contributed by atoms with Crippen LogP contribution in [-0.4, -0.2) is 41.3 Å². The number of amides is 1.